The fourth-order valence-corrected chi connectivity index (χ4v) is 4.03. The molecule has 0 radical (unpaired) electrons. The molecule has 2 rings (SSSR count). The van der Waals surface area contributed by atoms with Crippen molar-refractivity contribution >= 4 is 21.4 Å². The number of nitrogens with one attached hydrogen (secondary N) is 1. The molecule has 21 heavy (non-hydrogen) atoms. The van der Waals surface area contributed by atoms with Crippen molar-refractivity contribution in [3.8, 4) is 0 Å². The Labute approximate surface area is 130 Å². The van der Waals surface area contributed by atoms with Crippen molar-refractivity contribution in [2.24, 2.45) is 5.73 Å². The van der Waals surface area contributed by atoms with Gasteiger partial charge in [-0.3, -0.25) is 0 Å². The lowest BCUT2D eigenvalue weighted by atomic mass is 10.1. The summed E-state index contributed by atoms with van der Waals surface area (Å²) in [6.45, 7) is 6.24. The number of hydrogen-bond donors (Lipinski definition) is 2. The average molecular weight is 324 g/mol. The zero-order chi connectivity index (χ0) is 15.6. The van der Waals surface area contributed by atoms with Gasteiger partial charge in [-0.25, -0.2) is 13.1 Å². The summed E-state index contributed by atoms with van der Waals surface area (Å²) in [6.07, 6.45) is 0. The van der Waals surface area contributed by atoms with Crippen molar-refractivity contribution in [1.29, 1.82) is 0 Å². The Morgan fingerprint density at radius 2 is 1.86 bits per heavy atom. The molecule has 6 heteroatoms. The SMILES string of the molecule is Cc1cc(CNS(=O)(=O)c2ccc(C(C)N)cc2)sc1C. The van der Waals surface area contributed by atoms with Crippen LogP contribution in [0.4, 0.5) is 0 Å². The molecule has 0 saturated carbocycles. The van der Waals surface area contributed by atoms with Gasteiger partial charge in [-0.2, -0.15) is 0 Å². The molecule has 0 spiro atoms. The molecule has 0 aliphatic carbocycles. The molecule has 4 nitrogen and oxygen atoms in total. The lowest BCUT2D eigenvalue weighted by Crippen LogP contribution is -2.22. The van der Waals surface area contributed by atoms with Crippen molar-refractivity contribution in [2.75, 3.05) is 0 Å². The molecule has 1 heterocycles. The first-order chi connectivity index (χ1) is 9.79. The van der Waals surface area contributed by atoms with Gasteiger partial charge < -0.3 is 5.73 Å². The molecule has 0 saturated heterocycles. The summed E-state index contributed by atoms with van der Waals surface area (Å²) in [4.78, 5) is 2.49. The molecule has 1 aromatic carbocycles. The van der Waals surface area contributed by atoms with Crippen molar-refractivity contribution in [3.05, 3.63) is 51.2 Å². The summed E-state index contributed by atoms with van der Waals surface area (Å²) >= 11 is 1.61. The second-order valence-electron chi connectivity index (χ2n) is 5.13. The van der Waals surface area contributed by atoms with E-state index in [9.17, 15) is 8.42 Å². The van der Waals surface area contributed by atoms with Gasteiger partial charge in [-0.05, 0) is 50.1 Å². The van der Waals surface area contributed by atoms with Crippen molar-refractivity contribution in [1.82, 2.24) is 4.72 Å². The lowest BCUT2D eigenvalue weighted by Gasteiger charge is -2.08. The van der Waals surface area contributed by atoms with Crippen LogP contribution in [-0.4, -0.2) is 8.42 Å². The van der Waals surface area contributed by atoms with E-state index in [1.165, 1.54) is 10.4 Å². The fraction of sp³-hybridized carbons (Fsp3) is 0.333. The molecule has 1 aromatic heterocycles. The molecule has 2 aromatic rings. The molecule has 0 bridgehead atoms. The second kappa shape index (κ2) is 6.27. The lowest BCUT2D eigenvalue weighted by molar-refractivity contribution is 0.581. The Morgan fingerprint density at radius 1 is 1.24 bits per heavy atom. The van der Waals surface area contributed by atoms with Gasteiger partial charge in [0.05, 0.1) is 4.90 Å². The molecule has 0 aliphatic heterocycles. The minimum absolute atomic E-state index is 0.105. The van der Waals surface area contributed by atoms with E-state index in [4.69, 9.17) is 5.73 Å². The predicted molar refractivity (Wildman–Crippen MR) is 86.9 cm³/mol. The first-order valence-corrected chi connectivity index (χ1v) is 9.00. The van der Waals surface area contributed by atoms with Gasteiger partial charge in [0.15, 0.2) is 0 Å². The molecular weight excluding hydrogens is 304 g/mol. The summed E-state index contributed by atoms with van der Waals surface area (Å²) in [7, 11) is -3.49. The minimum atomic E-state index is -3.49. The standard InChI is InChI=1S/C15H20N2O2S2/c1-10-8-14(20-12(10)3)9-17-21(18,19)15-6-4-13(5-7-15)11(2)16/h4-8,11,17H,9,16H2,1-3H3. The van der Waals surface area contributed by atoms with Crippen LogP contribution in [0.2, 0.25) is 0 Å². The van der Waals surface area contributed by atoms with Gasteiger partial charge >= 0.3 is 0 Å². The third kappa shape index (κ3) is 3.91. The number of sulfonamides is 1. The summed E-state index contributed by atoms with van der Waals surface area (Å²) in [6, 6.07) is 8.59. The van der Waals surface area contributed by atoms with E-state index in [0.717, 1.165) is 10.4 Å². The molecule has 1 unspecified atom stereocenters. The number of hydrogen-bond acceptors (Lipinski definition) is 4. The average Bonchev–Trinajstić information content (AvgIpc) is 2.76. The van der Waals surface area contributed by atoms with Gasteiger partial charge in [-0.15, -0.1) is 11.3 Å². The van der Waals surface area contributed by atoms with Crippen molar-refractivity contribution in [2.45, 2.75) is 38.3 Å². The Balaban J connectivity index is 2.11. The highest BCUT2D eigenvalue weighted by molar-refractivity contribution is 7.89. The molecule has 1 atom stereocenters. The summed E-state index contributed by atoms with van der Waals surface area (Å²) in [5.41, 5.74) is 7.87. The highest BCUT2D eigenvalue weighted by Crippen LogP contribution is 2.21. The van der Waals surface area contributed by atoms with Crippen LogP contribution in [0.5, 0.6) is 0 Å². The Kier molecular flexibility index (Phi) is 4.83. The first kappa shape index (κ1) is 16.2. The molecule has 0 amide bonds. The quantitative estimate of drug-likeness (QED) is 0.888. The van der Waals surface area contributed by atoms with E-state index >= 15 is 0 Å². The number of nitrogens with two attached hydrogens (primary N) is 1. The van der Waals surface area contributed by atoms with Crippen LogP contribution in [0, 0.1) is 13.8 Å². The minimum Gasteiger partial charge on any atom is -0.324 e. The number of rotatable bonds is 5. The highest BCUT2D eigenvalue weighted by atomic mass is 32.2. The maximum absolute atomic E-state index is 12.2. The van der Waals surface area contributed by atoms with E-state index in [1.54, 1.807) is 35.6 Å². The zero-order valence-corrected chi connectivity index (χ0v) is 14.0. The summed E-state index contributed by atoms with van der Waals surface area (Å²) in [5, 5.41) is 0. The molecular formula is C15H20N2O2S2. The topological polar surface area (TPSA) is 72.2 Å². The third-order valence-electron chi connectivity index (χ3n) is 3.37. The molecule has 0 aliphatic rings. The van der Waals surface area contributed by atoms with Gasteiger partial charge in [-0.1, -0.05) is 12.1 Å². The Hall–Kier alpha value is -1.21. The molecule has 0 fully saturated rings. The van der Waals surface area contributed by atoms with Crippen LogP contribution in [0.1, 0.15) is 33.8 Å². The largest absolute Gasteiger partial charge is 0.324 e. The third-order valence-corrected chi connectivity index (χ3v) is 5.94. The number of aryl methyl sites for hydroxylation is 2. The van der Waals surface area contributed by atoms with Crippen LogP contribution in [-0.2, 0) is 16.6 Å². The van der Waals surface area contributed by atoms with Gasteiger partial charge in [0, 0.05) is 22.3 Å². The number of thiophene rings is 1. The second-order valence-corrected chi connectivity index (χ2v) is 8.24. The zero-order valence-electron chi connectivity index (χ0n) is 12.4. The monoisotopic (exact) mass is 324 g/mol. The maximum Gasteiger partial charge on any atom is 0.240 e. The van der Waals surface area contributed by atoms with Crippen LogP contribution in [0.25, 0.3) is 0 Å². The Morgan fingerprint density at radius 3 is 2.33 bits per heavy atom. The van der Waals surface area contributed by atoms with Gasteiger partial charge in [0.1, 0.15) is 0 Å². The fourth-order valence-electron chi connectivity index (χ4n) is 1.94. The van der Waals surface area contributed by atoms with E-state index in [0.29, 0.717) is 6.54 Å². The smallest absolute Gasteiger partial charge is 0.240 e. The van der Waals surface area contributed by atoms with E-state index < -0.39 is 10.0 Å². The highest BCUT2D eigenvalue weighted by Gasteiger charge is 2.14. The number of benzene rings is 1. The van der Waals surface area contributed by atoms with Crippen LogP contribution >= 0.6 is 11.3 Å². The van der Waals surface area contributed by atoms with Crippen molar-refractivity contribution < 1.29 is 8.42 Å². The predicted octanol–water partition coefficient (Wildman–Crippen LogP) is 2.86. The molecule has 114 valence electrons. The summed E-state index contributed by atoms with van der Waals surface area (Å²) < 4.78 is 27.1. The summed E-state index contributed by atoms with van der Waals surface area (Å²) in [5.74, 6) is 0. The first-order valence-electron chi connectivity index (χ1n) is 6.71. The normalized spacial score (nSPS) is 13.3. The van der Waals surface area contributed by atoms with E-state index in [1.807, 2.05) is 26.8 Å². The van der Waals surface area contributed by atoms with Crippen molar-refractivity contribution in [3.63, 3.8) is 0 Å². The maximum atomic E-state index is 12.2. The van der Waals surface area contributed by atoms with Gasteiger partial charge in [0.25, 0.3) is 0 Å². The van der Waals surface area contributed by atoms with Crippen LogP contribution < -0.4 is 10.5 Å². The van der Waals surface area contributed by atoms with E-state index in [-0.39, 0.29) is 10.9 Å². The van der Waals surface area contributed by atoms with Crippen LogP contribution in [0.15, 0.2) is 35.2 Å². The van der Waals surface area contributed by atoms with Crippen LogP contribution in [0.3, 0.4) is 0 Å². The molecule has 3 N–H and O–H groups in total. The van der Waals surface area contributed by atoms with Gasteiger partial charge in [0.2, 0.25) is 10.0 Å². The Bertz CT molecular complexity index is 697. The van der Waals surface area contributed by atoms with E-state index in [2.05, 4.69) is 4.72 Å².